The number of carboxylic acids is 6. The van der Waals surface area contributed by atoms with Crippen molar-refractivity contribution in [1.82, 2.24) is 58.1 Å². The van der Waals surface area contributed by atoms with Gasteiger partial charge < -0.3 is 105 Å². The molecule has 562 valence electrons. The summed E-state index contributed by atoms with van der Waals surface area (Å²) in [4.78, 5) is 236. The van der Waals surface area contributed by atoms with E-state index in [1.165, 1.54) is 43.3 Å². The summed E-state index contributed by atoms with van der Waals surface area (Å²) < 4.78 is 0. The van der Waals surface area contributed by atoms with Crippen LogP contribution in [0.2, 0.25) is 0 Å². The van der Waals surface area contributed by atoms with Gasteiger partial charge in [0.05, 0.1) is 19.5 Å². The Bertz CT molecular complexity index is 3320. The maximum atomic E-state index is 14.4. The molecule has 0 radical (unpaired) electrons. The topological polar surface area (TPSA) is 624 Å². The Morgan fingerprint density at radius 3 is 1.17 bits per heavy atom. The van der Waals surface area contributed by atoms with Crippen LogP contribution in [0.4, 0.5) is 0 Å². The van der Waals surface area contributed by atoms with Gasteiger partial charge in [0.15, 0.2) is 0 Å². The van der Waals surface area contributed by atoms with E-state index in [4.69, 9.17) is 11.5 Å². The summed E-state index contributed by atoms with van der Waals surface area (Å²) in [5.74, 6) is -23.9. The van der Waals surface area contributed by atoms with E-state index in [0.29, 0.717) is 5.56 Å². The number of amides is 12. The molecule has 0 aliphatic rings. The first kappa shape index (κ1) is 86.7. The molecular weight excluding hydrogens is 1350 g/mol. The molecule has 2 aromatic rings. The van der Waals surface area contributed by atoms with Crippen LogP contribution in [0.15, 0.2) is 54.6 Å². The molecule has 2 aromatic carbocycles. The fourth-order valence-electron chi connectivity index (χ4n) is 9.78. The average molecular weight is 1440 g/mol. The van der Waals surface area contributed by atoms with Crippen LogP contribution >= 0.6 is 0 Å². The summed E-state index contributed by atoms with van der Waals surface area (Å²) in [5, 5.41) is 91.0. The summed E-state index contributed by atoms with van der Waals surface area (Å²) in [6.45, 7) is 4.76. The van der Waals surface area contributed by atoms with Crippen molar-refractivity contribution in [1.29, 1.82) is 0 Å². The maximum Gasteiger partial charge on any atom is 0.326 e. The van der Waals surface area contributed by atoms with Crippen LogP contribution in [0.3, 0.4) is 0 Å². The maximum absolute atomic E-state index is 14.4. The van der Waals surface area contributed by atoms with Crippen LogP contribution in [0.1, 0.15) is 122 Å². The number of nitrogens with zero attached hydrogens (tertiary/aromatic N) is 1. The Morgan fingerprint density at radius 2 is 0.775 bits per heavy atom. The minimum Gasteiger partial charge on any atom is -0.508 e. The van der Waals surface area contributed by atoms with E-state index in [1.54, 1.807) is 39.0 Å². The highest BCUT2D eigenvalue weighted by Crippen LogP contribution is 2.17. The summed E-state index contributed by atoms with van der Waals surface area (Å²) in [6, 6.07) is -4.37. The number of hydrogen-bond donors (Lipinski definition) is 19. The predicted octanol–water partition coefficient (Wildman–Crippen LogP) is -4.18. The van der Waals surface area contributed by atoms with Gasteiger partial charge in [-0.1, -0.05) is 76.6 Å². The highest BCUT2D eigenvalue weighted by molar-refractivity contribution is 6.00. The normalized spacial score (nSPS) is 14.1. The molecule has 0 unspecified atom stereocenters. The van der Waals surface area contributed by atoms with Gasteiger partial charge in [0, 0.05) is 52.0 Å². The Labute approximate surface area is 584 Å². The van der Waals surface area contributed by atoms with E-state index in [0.717, 1.165) is 11.9 Å². The van der Waals surface area contributed by atoms with Crippen molar-refractivity contribution < 1.29 is 122 Å². The van der Waals surface area contributed by atoms with E-state index < -0.39 is 263 Å². The second kappa shape index (κ2) is 43.9. The lowest BCUT2D eigenvalue weighted by molar-refractivity contribution is -0.143. The zero-order valence-electron chi connectivity index (χ0n) is 56.7. The summed E-state index contributed by atoms with van der Waals surface area (Å²) >= 11 is 0. The SMILES string of the molecule is CC[C@H](C)[C@H](NC(=O)[C@H](CCC(=O)O)NC(=O)[C@H](CCC(=O)O)NC(=O)[C@H](Cc1ccccc1)NC(=O)[C@H](CC(=O)O)NC(=O)CN)C(=O)N(C)CC(=O)N[C@@H](CCC(=O)O)C(=O)N[C@@H](CCC(=O)O)C(=O)N[C@@H](Cc1ccc(O)cc1)C(=O)N[C@@H](CC(C)C)C(=O)N[C@@H](CCC(N)=O)C(=O)O. The zero-order chi connectivity index (χ0) is 77.1. The van der Waals surface area contributed by atoms with Gasteiger partial charge in [0.2, 0.25) is 70.9 Å². The van der Waals surface area contributed by atoms with E-state index >= 15 is 0 Å². The summed E-state index contributed by atoms with van der Waals surface area (Å²) in [7, 11) is 1.07. The molecule has 0 heterocycles. The molecule has 0 saturated carbocycles. The number of nitrogens with one attached hydrogen (secondary N) is 10. The summed E-state index contributed by atoms with van der Waals surface area (Å²) in [6.07, 6.45) is -8.66. The number of primary amides is 1. The number of aliphatic carboxylic acids is 6. The van der Waals surface area contributed by atoms with E-state index in [2.05, 4.69) is 53.2 Å². The molecule has 38 nitrogen and oxygen atoms in total. The average Bonchev–Trinajstić information content (AvgIpc) is 0.853. The molecule has 0 saturated heterocycles. The van der Waals surface area contributed by atoms with Crippen LogP contribution in [-0.2, 0) is 99.1 Å². The third-order valence-electron chi connectivity index (χ3n) is 15.4. The molecule has 21 N–H and O–H groups in total. The van der Waals surface area contributed by atoms with Crippen LogP contribution in [0.25, 0.3) is 0 Å². The predicted molar refractivity (Wildman–Crippen MR) is 353 cm³/mol. The number of rotatable bonds is 48. The first-order chi connectivity index (χ1) is 47.8. The van der Waals surface area contributed by atoms with Crippen molar-refractivity contribution in [2.75, 3.05) is 20.1 Å². The standard InChI is InChI=1S/C64H91N13O25/c1-6-33(4)54(76-58(95)40(20-25-52(88)89)70-56(93)38(18-23-50(84)85)71-60(97)43(27-34-10-8-7-9-11-34)75-62(99)45(29-53(90)91)68-47(80)30-65)63(100)77(5)31-48(81)67-37(17-22-49(82)83)55(92)69-39(19-24-51(86)87)57(94)74-44(28-35-12-14-36(78)15-13-35)61(98)73-42(26-32(2)3)59(96)72-41(64(101)102)16-21-46(66)79/h7-15,32-33,37-45,54,78H,6,16-31,65H2,1-5H3,(H2,66,79)(H,67,81)(H,68,80)(H,69,92)(H,70,93)(H,71,97)(H,72,96)(H,73,98)(H,74,94)(H,75,99)(H,76,95)(H,82,83)(H,84,85)(H,86,87)(H,88,89)(H,90,91)(H,101,102)/t33-,37-,38-,39-,40-,41-,42-,43-,44-,45-,54-/m0/s1. The minimum atomic E-state index is -1.89. The molecule has 12 amide bonds. The number of aromatic hydroxyl groups is 1. The van der Waals surface area contributed by atoms with Gasteiger partial charge in [0.25, 0.3) is 0 Å². The lowest BCUT2D eigenvalue weighted by Crippen LogP contribution is -2.60. The molecule has 0 bridgehead atoms. The molecule has 38 heteroatoms. The molecule has 0 aliphatic heterocycles. The Balaban J connectivity index is 2.52. The Kier molecular flexibility index (Phi) is 37.4. The number of phenolic OH excluding ortho intramolecular Hbond substituents is 1. The molecule has 11 atom stereocenters. The van der Waals surface area contributed by atoms with Crippen molar-refractivity contribution in [3.63, 3.8) is 0 Å². The van der Waals surface area contributed by atoms with Crippen LogP contribution in [0, 0.1) is 11.8 Å². The third-order valence-corrected chi connectivity index (χ3v) is 15.4. The zero-order valence-corrected chi connectivity index (χ0v) is 56.7. The first-order valence-corrected chi connectivity index (χ1v) is 32.2. The lowest BCUT2D eigenvalue weighted by Gasteiger charge is -2.30. The highest BCUT2D eigenvalue weighted by atomic mass is 16.4. The smallest absolute Gasteiger partial charge is 0.326 e. The number of carboxylic acid groups (broad SMARTS) is 6. The van der Waals surface area contributed by atoms with Crippen LogP contribution < -0.4 is 64.6 Å². The van der Waals surface area contributed by atoms with Gasteiger partial charge in [-0.3, -0.25) is 81.5 Å². The minimum absolute atomic E-state index is 0.112. The van der Waals surface area contributed by atoms with Gasteiger partial charge >= 0.3 is 35.8 Å². The van der Waals surface area contributed by atoms with Crippen LogP contribution in [0.5, 0.6) is 5.75 Å². The molecule has 0 fully saturated rings. The second-order valence-corrected chi connectivity index (χ2v) is 24.3. The quantitative estimate of drug-likeness (QED) is 0.0299. The number of hydrogen-bond acceptors (Lipinski definition) is 20. The van der Waals surface area contributed by atoms with Gasteiger partial charge in [-0.05, 0) is 73.6 Å². The summed E-state index contributed by atoms with van der Waals surface area (Å²) in [5.41, 5.74) is 11.2. The number of carbonyl (C=O) groups excluding carboxylic acids is 12. The van der Waals surface area contributed by atoms with Gasteiger partial charge in [-0.15, -0.1) is 0 Å². The number of nitrogens with two attached hydrogens (primary N) is 2. The first-order valence-electron chi connectivity index (χ1n) is 32.2. The lowest BCUT2D eigenvalue weighted by atomic mass is 9.97. The van der Waals surface area contributed by atoms with E-state index in [1.807, 2.05) is 0 Å². The number of carbonyl (C=O) groups is 18. The fraction of sp³-hybridized carbons (Fsp3) is 0.531. The van der Waals surface area contributed by atoms with E-state index in [9.17, 15) is 122 Å². The second-order valence-electron chi connectivity index (χ2n) is 24.3. The molecule has 0 aliphatic carbocycles. The van der Waals surface area contributed by atoms with Gasteiger partial charge in [-0.2, -0.15) is 0 Å². The molecule has 102 heavy (non-hydrogen) atoms. The van der Waals surface area contributed by atoms with Crippen molar-refractivity contribution in [3.05, 3.63) is 65.7 Å². The molecule has 2 rings (SSSR count). The fourth-order valence-corrected chi connectivity index (χ4v) is 9.78. The molecule has 0 aromatic heterocycles. The van der Waals surface area contributed by atoms with Crippen molar-refractivity contribution in [3.8, 4) is 5.75 Å². The number of likely N-dealkylation sites (N-methyl/N-ethyl adjacent to an activating group) is 1. The molecular formula is C64H91N13O25. The number of phenols is 1. The number of benzene rings is 2. The Hall–Kier alpha value is -11.3. The van der Waals surface area contributed by atoms with E-state index in [-0.39, 0.29) is 36.5 Å². The third kappa shape index (κ3) is 33.0. The Morgan fingerprint density at radius 1 is 0.422 bits per heavy atom. The van der Waals surface area contributed by atoms with Crippen molar-refractivity contribution in [2.45, 2.75) is 184 Å². The molecule has 0 spiro atoms. The van der Waals surface area contributed by atoms with Crippen molar-refractivity contribution in [2.24, 2.45) is 23.3 Å². The highest BCUT2D eigenvalue weighted by Gasteiger charge is 2.38. The van der Waals surface area contributed by atoms with Gasteiger partial charge in [0.1, 0.15) is 66.2 Å². The van der Waals surface area contributed by atoms with Crippen molar-refractivity contribution >= 4 is 107 Å². The van der Waals surface area contributed by atoms with Crippen LogP contribution in [-0.4, -0.2) is 228 Å². The van der Waals surface area contributed by atoms with Gasteiger partial charge in [-0.25, -0.2) is 4.79 Å². The monoisotopic (exact) mass is 1440 g/mol. The largest absolute Gasteiger partial charge is 0.508 e.